The third kappa shape index (κ3) is 5.54. The Morgan fingerprint density at radius 3 is 1.56 bits per heavy atom. The monoisotopic (exact) mass is 978 g/mol. The third-order valence-electron chi connectivity index (χ3n) is 17.5. The molecule has 0 radical (unpaired) electrons. The molecule has 0 saturated heterocycles. The summed E-state index contributed by atoms with van der Waals surface area (Å²) in [5.41, 5.74) is 24.8. The van der Waals surface area contributed by atoms with Gasteiger partial charge >= 0.3 is 0 Å². The third-order valence-corrected chi connectivity index (χ3v) is 17.5. The molecule has 0 bridgehead atoms. The molecule has 0 saturated carbocycles. The fourth-order valence-electron chi connectivity index (χ4n) is 14.5. The van der Waals surface area contributed by atoms with Crippen LogP contribution >= 0.6 is 0 Å². The zero-order valence-electron chi connectivity index (χ0n) is 41.9. The van der Waals surface area contributed by atoms with E-state index in [9.17, 15) is 0 Å². The van der Waals surface area contributed by atoms with Gasteiger partial charge in [0.15, 0.2) is 0 Å². The van der Waals surface area contributed by atoms with Crippen LogP contribution in [-0.4, -0.2) is 4.57 Å². The van der Waals surface area contributed by atoms with Crippen molar-refractivity contribution in [3.63, 3.8) is 0 Å². The summed E-state index contributed by atoms with van der Waals surface area (Å²) in [7, 11) is 0. The average molecular weight is 979 g/mol. The largest absolute Gasteiger partial charge is 0.455 e. The van der Waals surface area contributed by atoms with Gasteiger partial charge in [0.1, 0.15) is 11.2 Å². The predicted molar refractivity (Wildman–Crippen MR) is 316 cm³/mol. The van der Waals surface area contributed by atoms with Gasteiger partial charge in [-0.15, -0.1) is 0 Å². The normalized spacial score (nSPS) is 15.2. The molecule has 14 aromatic rings. The Morgan fingerprint density at radius 1 is 0.312 bits per heavy atom. The second-order valence-corrected chi connectivity index (χ2v) is 21.0. The van der Waals surface area contributed by atoms with E-state index in [1.54, 1.807) is 0 Å². The summed E-state index contributed by atoms with van der Waals surface area (Å²) in [4.78, 5) is 2.51. The lowest BCUT2D eigenvalue weighted by atomic mass is 9.65. The lowest BCUT2D eigenvalue weighted by molar-refractivity contribution is 0.670. The highest BCUT2D eigenvalue weighted by Gasteiger charge is 2.51. The van der Waals surface area contributed by atoms with Crippen molar-refractivity contribution in [2.75, 3.05) is 4.90 Å². The van der Waals surface area contributed by atoms with Gasteiger partial charge in [0.25, 0.3) is 0 Å². The van der Waals surface area contributed by atoms with Crippen molar-refractivity contribution in [2.24, 2.45) is 0 Å². The van der Waals surface area contributed by atoms with Crippen molar-refractivity contribution in [3.05, 3.63) is 324 Å². The topological polar surface area (TPSA) is 21.3 Å². The van der Waals surface area contributed by atoms with Crippen molar-refractivity contribution in [1.29, 1.82) is 0 Å². The van der Waals surface area contributed by atoms with Crippen LogP contribution in [0.1, 0.15) is 44.5 Å². The Hall–Kier alpha value is -9.96. The second kappa shape index (κ2) is 15.8. The maximum absolute atomic E-state index is 6.72. The summed E-state index contributed by atoms with van der Waals surface area (Å²) in [6, 6.07) is 104. The molecular formula is C74H46N2O. The highest BCUT2D eigenvalue weighted by Crippen LogP contribution is 2.63. The number of hydrogen-bond donors (Lipinski definition) is 0. The average Bonchev–Trinajstić information content (AvgIpc) is 3.85. The molecule has 1 spiro atoms. The van der Waals surface area contributed by atoms with Gasteiger partial charge in [0.05, 0.1) is 27.6 Å². The molecule has 0 N–H and O–H groups in total. The Kier molecular flexibility index (Phi) is 8.69. The highest BCUT2D eigenvalue weighted by atomic mass is 16.3. The fraction of sp³-hybridized carbons (Fsp3) is 0.0270. The van der Waals surface area contributed by atoms with E-state index in [1.165, 1.54) is 94.3 Å². The smallest absolute Gasteiger partial charge is 0.143 e. The molecule has 12 aromatic carbocycles. The van der Waals surface area contributed by atoms with E-state index in [4.69, 9.17) is 4.42 Å². The molecule has 17 rings (SSSR count). The van der Waals surface area contributed by atoms with Gasteiger partial charge in [-0.2, -0.15) is 0 Å². The molecule has 3 nitrogen and oxygen atoms in total. The molecule has 0 amide bonds. The highest BCUT2D eigenvalue weighted by molar-refractivity contribution is 6.13. The summed E-state index contributed by atoms with van der Waals surface area (Å²) in [5.74, 6) is 0. The van der Waals surface area contributed by atoms with Crippen molar-refractivity contribution >= 4 is 60.8 Å². The molecule has 0 fully saturated rings. The van der Waals surface area contributed by atoms with Crippen LogP contribution in [0, 0.1) is 0 Å². The number of anilines is 3. The van der Waals surface area contributed by atoms with Gasteiger partial charge < -0.3 is 13.9 Å². The first kappa shape index (κ1) is 42.4. The van der Waals surface area contributed by atoms with E-state index in [0.29, 0.717) is 0 Å². The summed E-state index contributed by atoms with van der Waals surface area (Å²) in [5, 5.41) is 4.77. The molecule has 2 aromatic heterocycles. The number of furan rings is 1. The summed E-state index contributed by atoms with van der Waals surface area (Å²) in [6.45, 7) is 0. The molecule has 1 unspecified atom stereocenters. The van der Waals surface area contributed by atoms with Gasteiger partial charge in [-0.05, 0) is 127 Å². The fourth-order valence-corrected chi connectivity index (χ4v) is 14.5. The number of hydrogen-bond acceptors (Lipinski definition) is 2. The Balaban J connectivity index is 0.956. The van der Waals surface area contributed by atoms with Crippen LogP contribution in [-0.2, 0) is 10.8 Å². The van der Waals surface area contributed by atoms with E-state index in [0.717, 1.165) is 50.1 Å². The van der Waals surface area contributed by atoms with E-state index in [2.05, 4.69) is 282 Å². The first-order valence-corrected chi connectivity index (χ1v) is 26.7. The Labute approximate surface area is 445 Å². The van der Waals surface area contributed by atoms with E-state index in [1.807, 2.05) is 6.07 Å². The minimum absolute atomic E-state index is 0.582. The minimum Gasteiger partial charge on any atom is -0.455 e. The van der Waals surface area contributed by atoms with Crippen LogP contribution < -0.4 is 4.90 Å². The van der Waals surface area contributed by atoms with E-state index < -0.39 is 10.8 Å². The van der Waals surface area contributed by atoms with Crippen molar-refractivity contribution < 1.29 is 4.42 Å². The van der Waals surface area contributed by atoms with Crippen molar-refractivity contribution in [3.8, 4) is 39.1 Å². The van der Waals surface area contributed by atoms with Gasteiger partial charge in [0.2, 0.25) is 0 Å². The van der Waals surface area contributed by atoms with Crippen LogP contribution in [0.2, 0.25) is 0 Å². The van der Waals surface area contributed by atoms with Crippen molar-refractivity contribution in [1.82, 2.24) is 4.57 Å². The molecular weight excluding hydrogens is 933 g/mol. The maximum Gasteiger partial charge on any atom is 0.143 e. The summed E-state index contributed by atoms with van der Waals surface area (Å²) in [6.07, 6.45) is 0. The number of rotatable bonds is 6. The number of aromatic nitrogens is 1. The summed E-state index contributed by atoms with van der Waals surface area (Å²) >= 11 is 0. The van der Waals surface area contributed by atoms with Crippen LogP contribution in [0.25, 0.3) is 82.8 Å². The van der Waals surface area contributed by atoms with E-state index >= 15 is 0 Å². The number of fused-ring (bicyclic) bond motifs is 18. The van der Waals surface area contributed by atoms with Gasteiger partial charge in [-0.3, -0.25) is 0 Å². The van der Waals surface area contributed by atoms with Crippen molar-refractivity contribution in [2.45, 2.75) is 10.8 Å². The quantitative estimate of drug-likeness (QED) is 0.166. The Bertz CT molecular complexity index is 4730. The number of benzene rings is 12. The molecule has 3 aliphatic rings. The zero-order chi connectivity index (χ0) is 50.4. The SMILES string of the molecule is c1ccc(C2(c3ccccc3)c3ccccc3-c3ccc(N(c4cccc(-c5cccc6c5oc5ccccc56)c4)c4ccc5c(c4)C4(c6ccccc6-5)c5ccccc5-n5c6ccccc6c6cccc4c65)cc32)cc1. The lowest BCUT2D eigenvalue weighted by Crippen LogP contribution is -2.33. The second-order valence-electron chi connectivity index (χ2n) is 21.0. The van der Waals surface area contributed by atoms with Crippen LogP contribution in [0.3, 0.4) is 0 Å². The summed E-state index contributed by atoms with van der Waals surface area (Å²) < 4.78 is 9.25. The molecule has 2 aliphatic carbocycles. The first-order valence-electron chi connectivity index (χ1n) is 26.7. The molecule has 3 heterocycles. The first-order chi connectivity index (χ1) is 38.2. The van der Waals surface area contributed by atoms with Crippen LogP contribution in [0.15, 0.2) is 283 Å². The molecule has 1 aliphatic heterocycles. The van der Waals surface area contributed by atoms with Crippen LogP contribution in [0.5, 0.6) is 0 Å². The molecule has 1 atom stereocenters. The van der Waals surface area contributed by atoms with Crippen LogP contribution in [0.4, 0.5) is 17.1 Å². The lowest BCUT2D eigenvalue weighted by Gasteiger charge is -2.40. The standard InChI is InChI=1S/C74H46N2O/c1-3-21-48(22-4-1)73(49-23-5-2-6-24-49)62-33-11-7-26-54(62)56-42-40-51(45-66(56)73)75(50-25-17-20-47(44-50)53-30-18-32-61-59-29-10-16-39-70(59)77-72(53)61)52-41-43-57-55-27-8-12-34-63(55)74(67(57)46-52)64-35-13-15-38-69(64)76-68-37-14-9-28-58(68)60-31-19-36-65(74)71(60)76/h1-46H. The number of nitrogens with zero attached hydrogens (tertiary/aromatic N) is 2. The molecule has 358 valence electrons. The van der Waals surface area contributed by atoms with Gasteiger partial charge in [-0.25, -0.2) is 0 Å². The van der Waals surface area contributed by atoms with E-state index in [-0.39, 0.29) is 0 Å². The maximum atomic E-state index is 6.72. The zero-order valence-corrected chi connectivity index (χ0v) is 41.9. The molecule has 3 heteroatoms. The Morgan fingerprint density at radius 2 is 0.818 bits per heavy atom. The molecule has 77 heavy (non-hydrogen) atoms. The van der Waals surface area contributed by atoms with Gasteiger partial charge in [0, 0.05) is 44.2 Å². The predicted octanol–water partition coefficient (Wildman–Crippen LogP) is 18.9. The minimum atomic E-state index is -0.623. The van der Waals surface area contributed by atoms with Gasteiger partial charge in [-0.1, -0.05) is 224 Å². The number of para-hydroxylation sites is 5.